The summed E-state index contributed by atoms with van der Waals surface area (Å²) in [6, 6.07) is 0. The molecule has 0 radical (unpaired) electrons. The first-order valence-electron chi connectivity index (χ1n) is 5.63. The highest BCUT2D eigenvalue weighted by Gasteiger charge is 2.32. The van der Waals surface area contributed by atoms with Crippen molar-refractivity contribution in [3.63, 3.8) is 0 Å². The number of hydrogen-bond acceptors (Lipinski definition) is 5. The van der Waals surface area contributed by atoms with Crippen LogP contribution < -0.4 is 0 Å². The Labute approximate surface area is 95.0 Å². The highest BCUT2D eigenvalue weighted by Crippen LogP contribution is 2.20. The number of ether oxygens (including phenoxy) is 3. The standard InChI is InChI=1S/C11H18O5/c1-3-14-10(12)9(11(13)15-4-2)6-5-8-7-16-8/h8-9H,3-7H2,1-2H3. The zero-order chi connectivity index (χ0) is 12.0. The molecule has 1 rings (SSSR count). The van der Waals surface area contributed by atoms with E-state index in [0.717, 1.165) is 6.61 Å². The first-order chi connectivity index (χ1) is 7.69. The lowest BCUT2D eigenvalue weighted by molar-refractivity contribution is -0.161. The van der Waals surface area contributed by atoms with Crippen molar-refractivity contribution >= 4 is 11.9 Å². The molecular weight excluding hydrogens is 212 g/mol. The molecule has 0 saturated carbocycles. The highest BCUT2D eigenvalue weighted by atomic mass is 16.6. The Morgan fingerprint density at radius 3 is 2.12 bits per heavy atom. The lowest BCUT2D eigenvalue weighted by Gasteiger charge is -2.13. The molecule has 0 aliphatic carbocycles. The van der Waals surface area contributed by atoms with E-state index in [2.05, 4.69) is 0 Å². The minimum Gasteiger partial charge on any atom is -0.465 e. The Morgan fingerprint density at radius 1 is 1.25 bits per heavy atom. The van der Waals surface area contributed by atoms with Crippen LogP contribution in [0.2, 0.25) is 0 Å². The van der Waals surface area contributed by atoms with E-state index in [4.69, 9.17) is 14.2 Å². The number of rotatable bonds is 7. The largest absolute Gasteiger partial charge is 0.465 e. The maximum absolute atomic E-state index is 11.5. The summed E-state index contributed by atoms with van der Waals surface area (Å²) in [6.07, 6.45) is 1.33. The summed E-state index contributed by atoms with van der Waals surface area (Å²) in [5.74, 6) is -1.80. The smallest absolute Gasteiger partial charge is 0.320 e. The molecule has 16 heavy (non-hydrogen) atoms. The second-order valence-corrected chi connectivity index (χ2v) is 3.59. The van der Waals surface area contributed by atoms with Gasteiger partial charge in [0.25, 0.3) is 0 Å². The van der Waals surface area contributed by atoms with Gasteiger partial charge in [-0.05, 0) is 26.7 Å². The number of carbonyl (C=O) groups is 2. The Morgan fingerprint density at radius 2 is 1.75 bits per heavy atom. The van der Waals surface area contributed by atoms with Gasteiger partial charge in [-0.15, -0.1) is 0 Å². The fourth-order valence-corrected chi connectivity index (χ4v) is 1.40. The number of esters is 2. The summed E-state index contributed by atoms with van der Waals surface area (Å²) in [6.45, 7) is 4.69. The van der Waals surface area contributed by atoms with Gasteiger partial charge in [-0.3, -0.25) is 9.59 Å². The Balaban J connectivity index is 2.44. The van der Waals surface area contributed by atoms with Crippen LogP contribution in [0.5, 0.6) is 0 Å². The zero-order valence-corrected chi connectivity index (χ0v) is 9.73. The number of epoxide rings is 1. The van der Waals surface area contributed by atoms with Gasteiger partial charge in [0.05, 0.1) is 25.9 Å². The van der Waals surface area contributed by atoms with E-state index in [1.54, 1.807) is 13.8 Å². The molecule has 0 aromatic carbocycles. The predicted molar refractivity (Wildman–Crippen MR) is 55.7 cm³/mol. The summed E-state index contributed by atoms with van der Waals surface area (Å²) in [4.78, 5) is 23.1. The van der Waals surface area contributed by atoms with Crippen molar-refractivity contribution in [1.82, 2.24) is 0 Å². The van der Waals surface area contributed by atoms with Gasteiger partial charge in [0.2, 0.25) is 0 Å². The van der Waals surface area contributed by atoms with Crippen molar-refractivity contribution < 1.29 is 23.8 Å². The molecule has 1 aliphatic rings. The van der Waals surface area contributed by atoms with Crippen LogP contribution in [-0.2, 0) is 23.8 Å². The number of hydrogen-bond donors (Lipinski definition) is 0. The Bertz CT molecular complexity index is 229. The van der Waals surface area contributed by atoms with Gasteiger partial charge < -0.3 is 14.2 Å². The van der Waals surface area contributed by atoms with E-state index in [0.29, 0.717) is 12.8 Å². The van der Waals surface area contributed by atoms with Gasteiger partial charge in [-0.25, -0.2) is 0 Å². The topological polar surface area (TPSA) is 65.1 Å². The first-order valence-corrected chi connectivity index (χ1v) is 5.63. The molecule has 1 saturated heterocycles. The van der Waals surface area contributed by atoms with Gasteiger partial charge in [0, 0.05) is 0 Å². The van der Waals surface area contributed by atoms with Gasteiger partial charge in [-0.1, -0.05) is 0 Å². The minimum atomic E-state index is -0.802. The number of carbonyl (C=O) groups excluding carboxylic acids is 2. The summed E-state index contributed by atoms with van der Waals surface area (Å²) >= 11 is 0. The summed E-state index contributed by atoms with van der Waals surface area (Å²) < 4.78 is 14.7. The van der Waals surface area contributed by atoms with Gasteiger partial charge in [0.15, 0.2) is 5.92 Å². The molecule has 0 aromatic rings. The summed E-state index contributed by atoms with van der Waals surface area (Å²) in [5, 5.41) is 0. The molecule has 5 heteroatoms. The van der Waals surface area contributed by atoms with Crippen molar-refractivity contribution in [2.24, 2.45) is 5.92 Å². The quantitative estimate of drug-likeness (QED) is 0.369. The predicted octanol–water partition coefficient (Wildman–Crippen LogP) is 0.908. The normalized spacial score (nSPS) is 18.3. The van der Waals surface area contributed by atoms with Crippen LogP contribution in [0.3, 0.4) is 0 Å². The molecule has 0 aromatic heterocycles. The van der Waals surface area contributed by atoms with Crippen LogP contribution in [0.25, 0.3) is 0 Å². The lowest BCUT2D eigenvalue weighted by atomic mass is 10.0. The third-order valence-electron chi connectivity index (χ3n) is 2.32. The maximum Gasteiger partial charge on any atom is 0.320 e. The van der Waals surface area contributed by atoms with E-state index in [9.17, 15) is 9.59 Å². The molecule has 1 fully saturated rings. The first kappa shape index (κ1) is 13.0. The average Bonchev–Trinajstić information content (AvgIpc) is 3.02. The molecule has 92 valence electrons. The molecule has 1 aliphatic heterocycles. The molecule has 1 atom stereocenters. The highest BCUT2D eigenvalue weighted by molar-refractivity contribution is 5.94. The molecule has 0 amide bonds. The Hall–Kier alpha value is -1.10. The molecule has 0 spiro atoms. The van der Waals surface area contributed by atoms with Crippen LogP contribution in [0.4, 0.5) is 0 Å². The minimum absolute atomic E-state index is 0.200. The Kier molecular flexibility index (Phi) is 5.25. The lowest BCUT2D eigenvalue weighted by Crippen LogP contribution is -2.28. The van der Waals surface area contributed by atoms with Crippen LogP contribution in [0.1, 0.15) is 26.7 Å². The van der Waals surface area contributed by atoms with E-state index in [-0.39, 0.29) is 19.3 Å². The van der Waals surface area contributed by atoms with Crippen molar-refractivity contribution in [1.29, 1.82) is 0 Å². The molecule has 0 bridgehead atoms. The monoisotopic (exact) mass is 230 g/mol. The molecule has 0 N–H and O–H groups in total. The molecular formula is C11H18O5. The summed E-state index contributed by atoms with van der Waals surface area (Å²) in [5.41, 5.74) is 0. The molecule has 5 nitrogen and oxygen atoms in total. The van der Waals surface area contributed by atoms with Gasteiger partial charge in [0.1, 0.15) is 0 Å². The van der Waals surface area contributed by atoms with Crippen molar-refractivity contribution in [3.05, 3.63) is 0 Å². The zero-order valence-electron chi connectivity index (χ0n) is 9.73. The van der Waals surface area contributed by atoms with Crippen molar-refractivity contribution in [3.8, 4) is 0 Å². The van der Waals surface area contributed by atoms with E-state index in [1.165, 1.54) is 0 Å². The second kappa shape index (κ2) is 6.48. The van der Waals surface area contributed by atoms with Crippen molar-refractivity contribution in [2.45, 2.75) is 32.8 Å². The molecule has 1 unspecified atom stereocenters. The van der Waals surface area contributed by atoms with Gasteiger partial charge in [-0.2, -0.15) is 0 Å². The van der Waals surface area contributed by atoms with Crippen LogP contribution in [-0.4, -0.2) is 37.9 Å². The van der Waals surface area contributed by atoms with Crippen LogP contribution >= 0.6 is 0 Å². The fraction of sp³-hybridized carbons (Fsp3) is 0.818. The summed E-state index contributed by atoms with van der Waals surface area (Å²) in [7, 11) is 0. The third kappa shape index (κ3) is 4.18. The maximum atomic E-state index is 11.5. The van der Waals surface area contributed by atoms with E-state index < -0.39 is 17.9 Å². The van der Waals surface area contributed by atoms with Crippen molar-refractivity contribution in [2.75, 3.05) is 19.8 Å². The second-order valence-electron chi connectivity index (χ2n) is 3.59. The van der Waals surface area contributed by atoms with E-state index >= 15 is 0 Å². The SMILES string of the molecule is CCOC(=O)C(CCC1CO1)C(=O)OCC. The van der Waals surface area contributed by atoms with Gasteiger partial charge >= 0.3 is 11.9 Å². The molecule has 1 heterocycles. The van der Waals surface area contributed by atoms with E-state index in [1.807, 2.05) is 0 Å². The van der Waals surface area contributed by atoms with Crippen LogP contribution in [0, 0.1) is 5.92 Å². The van der Waals surface area contributed by atoms with Crippen LogP contribution in [0.15, 0.2) is 0 Å². The average molecular weight is 230 g/mol. The third-order valence-corrected chi connectivity index (χ3v) is 2.32. The fourth-order valence-electron chi connectivity index (χ4n) is 1.40.